The van der Waals surface area contributed by atoms with Gasteiger partial charge < -0.3 is 0 Å². The average Bonchev–Trinajstić information content (AvgIpc) is 1.65. The molecule has 44 valence electrons. The summed E-state index contributed by atoms with van der Waals surface area (Å²) in [5, 5.41) is 0. The molecule has 0 saturated heterocycles. The summed E-state index contributed by atoms with van der Waals surface area (Å²) in [6.07, 6.45) is 0. The summed E-state index contributed by atoms with van der Waals surface area (Å²) in [6, 6.07) is 0. The monoisotopic (exact) mass is 141 g/mol. The lowest BCUT2D eigenvalue weighted by Gasteiger charge is -1.66. The predicted octanol–water partition coefficient (Wildman–Crippen LogP) is -0.515. The molecule has 0 aromatic heterocycles. The molecule has 0 unspecified atom stereocenters. The minimum absolute atomic E-state index is 0. The van der Waals surface area contributed by atoms with E-state index in [4.69, 9.17) is 0 Å². The van der Waals surface area contributed by atoms with Gasteiger partial charge in [0.2, 0.25) is 0 Å². The molecular weight excluding hydrogens is 131 g/mol. The molecule has 0 fully saturated rings. The lowest BCUT2D eigenvalue weighted by molar-refractivity contribution is 0.302. The third-order valence-electron chi connectivity index (χ3n) is 0.298. The van der Waals surface area contributed by atoms with Crippen LogP contribution >= 0.6 is 8.25 Å². The molecule has 0 spiro atoms. The third-order valence-corrected chi connectivity index (χ3v) is 0.894. The van der Waals surface area contributed by atoms with Gasteiger partial charge >= 0.3 is 8.25 Å². The maximum atomic E-state index is 9.88. The molecule has 0 radical (unpaired) electrons. The summed E-state index contributed by atoms with van der Waals surface area (Å²) in [5.41, 5.74) is 0. The molecule has 0 saturated carbocycles. The van der Waals surface area contributed by atoms with Crippen molar-refractivity contribution in [1.82, 2.24) is 0 Å². The minimum atomic E-state index is -1.83. The number of hydrogen-bond acceptors (Lipinski definition) is 3. The van der Waals surface area contributed by atoms with Crippen LogP contribution in [0.15, 0.2) is 0 Å². The van der Waals surface area contributed by atoms with E-state index in [9.17, 15) is 4.57 Å². The molecule has 0 aliphatic heterocycles. The van der Waals surface area contributed by atoms with Gasteiger partial charge in [-0.2, -0.15) is 0 Å². The van der Waals surface area contributed by atoms with Gasteiger partial charge in [0.1, 0.15) is 0 Å². The molecule has 0 aromatic rings. The zero-order valence-electron chi connectivity index (χ0n) is 3.67. The van der Waals surface area contributed by atoms with Gasteiger partial charge in [-0.3, -0.25) is 0 Å². The highest BCUT2D eigenvalue weighted by molar-refractivity contribution is 7.33. The van der Waals surface area contributed by atoms with E-state index < -0.39 is 8.25 Å². The molecule has 0 atom stereocenters. The van der Waals surface area contributed by atoms with Gasteiger partial charge in [-0.1, -0.05) is 0 Å². The second-order valence-corrected chi connectivity index (χ2v) is 1.77. The van der Waals surface area contributed by atoms with Crippen molar-refractivity contribution in [2.24, 2.45) is 0 Å². The van der Waals surface area contributed by atoms with Gasteiger partial charge in [-0.25, -0.2) is 0 Å². The second-order valence-electron chi connectivity index (χ2n) is 0.589. The van der Waals surface area contributed by atoms with Gasteiger partial charge in [0.05, 0.1) is 14.2 Å². The molecule has 7 heavy (non-hydrogen) atoms. The van der Waals surface area contributed by atoms with E-state index in [0.717, 1.165) is 0 Å². The Labute approximate surface area is 48.0 Å². The lowest BCUT2D eigenvalue weighted by atomic mass is 11.8. The minimum Gasteiger partial charge on any atom is -0.122 e. The topological polar surface area (TPSA) is 35.5 Å². The fourth-order valence-corrected chi connectivity index (χ4v) is 0.224. The van der Waals surface area contributed by atoms with E-state index in [-0.39, 0.29) is 11.0 Å². The van der Waals surface area contributed by atoms with Crippen LogP contribution in [-0.4, -0.2) is 25.2 Å². The zero-order valence-corrected chi connectivity index (χ0v) is 4.57. The zero-order chi connectivity index (χ0) is 4.99. The molecule has 3 nitrogen and oxygen atoms in total. The van der Waals surface area contributed by atoms with Crippen molar-refractivity contribution in [2.45, 2.75) is 0 Å². The Balaban J connectivity index is 0. The second kappa shape index (κ2) is 6.24. The SMILES string of the molecule is CO[P+](=O)OC.[SiH4]. The number of hydrogen-bond donors (Lipinski definition) is 0. The van der Waals surface area contributed by atoms with Crippen molar-refractivity contribution in [3.63, 3.8) is 0 Å². The van der Waals surface area contributed by atoms with Crippen LogP contribution in [0.4, 0.5) is 0 Å². The van der Waals surface area contributed by atoms with E-state index in [1.54, 1.807) is 0 Å². The van der Waals surface area contributed by atoms with Crippen LogP contribution in [0.25, 0.3) is 0 Å². The molecule has 0 rings (SSSR count). The highest BCUT2D eigenvalue weighted by atomic mass is 31.1. The first-order valence-electron chi connectivity index (χ1n) is 1.36. The Morgan fingerprint density at radius 1 is 1.29 bits per heavy atom. The fourth-order valence-electron chi connectivity index (χ4n) is 0.0745. The molecule has 0 amide bonds. The Bertz CT molecular complexity index is 50.9. The van der Waals surface area contributed by atoms with E-state index in [1.807, 2.05) is 0 Å². The maximum Gasteiger partial charge on any atom is 0.696 e. The van der Waals surface area contributed by atoms with Gasteiger partial charge in [0.25, 0.3) is 0 Å². The smallest absolute Gasteiger partial charge is 0.122 e. The van der Waals surface area contributed by atoms with Crippen LogP contribution in [0, 0.1) is 0 Å². The first-order chi connectivity index (χ1) is 2.81. The lowest BCUT2D eigenvalue weighted by Crippen LogP contribution is -1.66. The van der Waals surface area contributed by atoms with Crippen molar-refractivity contribution in [3.05, 3.63) is 0 Å². The van der Waals surface area contributed by atoms with Crippen molar-refractivity contribution in [1.29, 1.82) is 0 Å². The van der Waals surface area contributed by atoms with Crippen molar-refractivity contribution >= 4 is 19.2 Å². The average molecular weight is 141 g/mol. The van der Waals surface area contributed by atoms with Crippen LogP contribution in [0.5, 0.6) is 0 Å². The molecule has 0 aliphatic carbocycles. The standard InChI is InChI=1S/C2H6O3P.H4Si/c1-4-6(3)5-2;/h1-2H3;1H4/q+1;. The van der Waals surface area contributed by atoms with Crippen molar-refractivity contribution in [2.75, 3.05) is 14.2 Å². The molecule has 0 N–H and O–H groups in total. The van der Waals surface area contributed by atoms with E-state index in [1.165, 1.54) is 14.2 Å². The van der Waals surface area contributed by atoms with Crippen molar-refractivity contribution in [3.8, 4) is 0 Å². The van der Waals surface area contributed by atoms with E-state index >= 15 is 0 Å². The number of rotatable bonds is 2. The first-order valence-corrected chi connectivity index (χ1v) is 2.46. The summed E-state index contributed by atoms with van der Waals surface area (Å²) >= 11 is 0. The highest BCUT2D eigenvalue weighted by Gasteiger charge is 2.10. The fraction of sp³-hybridized carbons (Fsp3) is 1.00. The van der Waals surface area contributed by atoms with Crippen molar-refractivity contribution < 1.29 is 13.6 Å². The highest BCUT2D eigenvalue weighted by Crippen LogP contribution is 2.18. The summed E-state index contributed by atoms with van der Waals surface area (Å²) in [5.74, 6) is 0. The summed E-state index contributed by atoms with van der Waals surface area (Å²) in [4.78, 5) is 0. The summed E-state index contributed by atoms with van der Waals surface area (Å²) in [7, 11) is 0.817. The van der Waals surface area contributed by atoms with Gasteiger partial charge in [-0.15, -0.1) is 9.05 Å². The molecule has 0 bridgehead atoms. The van der Waals surface area contributed by atoms with Crippen LogP contribution in [0.1, 0.15) is 0 Å². The Kier molecular flexibility index (Phi) is 9.15. The largest absolute Gasteiger partial charge is 0.696 e. The summed E-state index contributed by atoms with van der Waals surface area (Å²) in [6.45, 7) is 0. The Hall–Kier alpha value is 0.237. The van der Waals surface area contributed by atoms with E-state index in [0.29, 0.717) is 0 Å². The van der Waals surface area contributed by atoms with E-state index in [2.05, 4.69) is 9.05 Å². The maximum absolute atomic E-state index is 9.88. The van der Waals surface area contributed by atoms with Crippen LogP contribution in [0.3, 0.4) is 0 Å². The van der Waals surface area contributed by atoms with Crippen LogP contribution in [-0.2, 0) is 13.6 Å². The summed E-state index contributed by atoms with van der Waals surface area (Å²) < 4.78 is 18.3. The molecule has 5 heteroatoms. The van der Waals surface area contributed by atoms with Gasteiger partial charge in [-0.05, 0) is 11.0 Å². The Morgan fingerprint density at radius 3 is 1.57 bits per heavy atom. The quantitative estimate of drug-likeness (QED) is 0.383. The van der Waals surface area contributed by atoms with Gasteiger partial charge in [0.15, 0.2) is 0 Å². The predicted molar refractivity (Wildman–Crippen MR) is 33.0 cm³/mol. The van der Waals surface area contributed by atoms with Crippen LogP contribution in [0.2, 0.25) is 0 Å². The normalized spacial score (nSPS) is 7.14. The molecule has 0 aliphatic rings. The third kappa shape index (κ3) is 6.24. The molecule has 0 aromatic carbocycles. The first kappa shape index (κ1) is 10.3. The van der Waals surface area contributed by atoms with Gasteiger partial charge in [0, 0.05) is 4.57 Å². The molecule has 0 heterocycles. The molecular formula is C2H10O3PSi+. The Morgan fingerprint density at radius 2 is 1.57 bits per heavy atom. The van der Waals surface area contributed by atoms with Crippen LogP contribution < -0.4 is 0 Å².